The van der Waals surface area contributed by atoms with Gasteiger partial charge in [-0.3, -0.25) is 14.4 Å². The molecule has 0 spiro atoms. The molecular weight excluding hydrogens is 404 g/mol. The zero-order valence-electron chi connectivity index (χ0n) is 20.7. The predicted octanol–water partition coefficient (Wildman–Crippen LogP) is 5.35. The van der Waals surface area contributed by atoms with Crippen LogP contribution < -0.4 is 0 Å². The van der Waals surface area contributed by atoms with Crippen LogP contribution in [0.3, 0.4) is 0 Å². The SMILES string of the molecule is COC(=O)CC[C@@H](C)[C@H]1CC[C@H]2[C@@H]3[C@H](OC(C)=O)C[C@@H]4CC(=O)CC[C@]4(C)[C@H]3CC[C@]12C. The minimum absolute atomic E-state index is 0.0600. The van der Waals surface area contributed by atoms with E-state index in [1.807, 2.05) is 0 Å². The second-order valence-corrected chi connectivity index (χ2v) is 11.9. The van der Waals surface area contributed by atoms with Crippen LogP contribution in [0.25, 0.3) is 0 Å². The van der Waals surface area contributed by atoms with Gasteiger partial charge in [0, 0.05) is 32.1 Å². The Balaban J connectivity index is 1.60. The van der Waals surface area contributed by atoms with Gasteiger partial charge in [0.2, 0.25) is 0 Å². The molecule has 5 nitrogen and oxygen atoms in total. The number of hydrogen-bond acceptors (Lipinski definition) is 5. The van der Waals surface area contributed by atoms with Crippen LogP contribution in [0.5, 0.6) is 0 Å². The Hall–Kier alpha value is -1.39. The third-order valence-corrected chi connectivity index (χ3v) is 10.6. The number of carbonyl (C=O) groups is 3. The van der Waals surface area contributed by atoms with Gasteiger partial charge in [0.15, 0.2) is 0 Å². The largest absolute Gasteiger partial charge is 0.469 e. The lowest BCUT2D eigenvalue weighted by Crippen LogP contribution is -2.59. The summed E-state index contributed by atoms with van der Waals surface area (Å²) in [6.45, 7) is 8.74. The summed E-state index contributed by atoms with van der Waals surface area (Å²) in [5.74, 6) is 2.96. The van der Waals surface area contributed by atoms with Crippen LogP contribution in [0, 0.1) is 46.3 Å². The number of fused-ring (bicyclic) bond motifs is 5. The smallest absolute Gasteiger partial charge is 0.305 e. The van der Waals surface area contributed by atoms with Crippen molar-refractivity contribution in [2.75, 3.05) is 7.11 Å². The zero-order valence-corrected chi connectivity index (χ0v) is 20.7. The van der Waals surface area contributed by atoms with Gasteiger partial charge in [-0.25, -0.2) is 0 Å². The molecule has 0 aromatic rings. The van der Waals surface area contributed by atoms with Gasteiger partial charge in [0.25, 0.3) is 0 Å². The molecule has 0 aliphatic heterocycles. The van der Waals surface area contributed by atoms with Gasteiger partial charge in [-0.15, -0.1) is 0 Å². The molecule has 4 fully saturated rings. The van der Waals surface area contributed by atoms with E-state index in [9.17, 15) is 14.4 Å². The second-order valence-electron chi connectivity index (χ2n) is 11.9. The Morgan fingerprint density at radius 1 is 1.09 bits per heavy atom. The highest BCUT2D eigenvalue weighted by atomic mass is 16.5. The average molecular weight is 447 g/mol. The average Bonchev–Trinajstić information content (AvgIpc) is 3.09. The van der Waals surface area contributed by atoms with Gasteiger partial charge < -0.3 is 9.47 Å². The lowest BCUT2D eigenvalue weighted by atomic mass is 9.43. The monoisotopic (exact) mass is 446 g/mol. The Morgan fingerprint density at radius 2 is 1.81 bits per heavy atom. The summed E-state index contributed by atoms with van der Waals surface area (Å²) in [6.07, 6.45) is 9.26. The number of ketones is 1. The summed E-state index contributed by atoms with van der Waals surface area (Å²) in [5, 5.41) is 0. The molecule has 0 bridgehead atoms. The molecule has 4 aliphatic carbocycles. The van der Waals surface area contributed by atoms with Crippen LogP contribution in [-0.4, -0.2) is 30.9 Å². The number of carbonyl (C=O) groups excluding carboxylic acids is 3. The van der Waals surface area contributed by atoms with E-state index in [-0.39, 0.29) is 28.9 Å². The van der Waals surface area contributed by atoms with Crippen molar-refractivity contribution < 1.29 is 23.9 Å². The van der Waals surface area contributed by atoms with Gasteiger partial charge in [0.05, 0.1) is 7.11 Å². The highest BCUT2D eigenvalue weighted by Gasteiger charge is 2.63. The van der Waals surface area contributed by atoms with E-state index < -0.39 is 0 Å². The molecule has 180 valence electrons. The number of esters is 2. The van der Waals surface area contributed by atoms with Gasteiger partial charge in [-0.2, -0.15) is 0 Å². The minimum atomic E-state index is -0.187. The number of ether oxygens (including phenoxy) is 2. The summed E-state index contributed by atoms with van der Waals surface area (Å²) in [4.78, 5) is 36.1. The molecule has 0 aromatic carbocycles. The zero-order chi connectivity index (χ0) is 23.3. The second kappa shape index (κ2) is 8.76. The Kier molecular flexibility index (Phi) is 6.50. The summed E-state index contributed by atoms with van der Waals surface area (Å²) >= 11 is 0. The fourth-order valence-corrected chi connectivity index (χ4v) is 8.95. The summed E-state index contributed by atoms with van der Waals surface area (Å²) in [6, 6.07) is 0. The first-order chi connectivity index (χ1) is 15.1. The van der Waals surface area contributed by atoms with Crippen LogP contribution in [0.15, 0.2) is 0 Å². The van der Waals surface area contributed by atoms with Crippen molar-refractivity contribution in [2.24, 2.45) is 46.3 Å². The first-order valence-corrected chi connectivity index (χ1v) is 12.9. The van der Waals surface area contributed by atoms with Crippen molar-refractivity contribution in [3.63, 3.8) is 0 Å². The fourth-order valence-electron chi connectivity index (χ4n) is 8.95. The standard InChI is InChI=1S/C27H42O5/c1-16(6-9-24(30)31-5)20-7-8-21-25-22(11-13-27(20,21)4)26(3)12-10-19(29)14-18(26)15-23(25)32-17(2)28/h16,18,20-23,25H,6-15H2,1-5H3/t16-,18+,20-,21+,22+,23-,25+,26+,27-/m1/s1. The van der Waals surface area contributed by atoms with E-state index in [1.165, 1.54) is 33.3 Å². The van der Waals surface area contributed by atoms with Crippen LogP contribution in [0.4, 0.5) is 0 Å². The molecule has 4 aliphatic rings. The molecule has 4 rings (SSSR count). The topological polar surface area (TPSA) is 69.7 Å². The molecule has 4 saturated carbocycles. The van der Waals surface area contributed by atoms with E-state index >= 15 is 0 Å². The molecule has 0 radical (unpaired) electrons. The normalized spacial score (nSPS) is 44.1. The maximum Gasteiger partial charge on any atom is 0.305 e. The third kappa shape index (κ3) is 3.92. The van der Waals surface area contributed by atoms with E-state index in [2.05, 4.69) is 20.8 Å². The number of hydrogen-bond donors (Lipinski definition) is 0. The summed E-state index contributed by atoms with van der Waals surface area (Å²) in [7, 11) is 1.46. The first kappa shape index (κ1) is 23.8. The Bertz CT molecular complexity index is 761. The molecule has 9 atom stereocenters. The molecule has 32 heavy (non-hydrogen) atoms. The third-order valence-electron chi connectivity index (χ3n) is 10.6. The molecule has 0 amide bonds. The number of Topliss-reactive ketones (excluding diaryl/α,β-unsaturated/α-hetero) is 1. The van der Waals surface area contributed by atoms with Crippen LogP contribution in [0.2, 0.25) is 0 Å². The van der Waals surface area contributed by atoms with E-state index in [0.29, 0.717) is 60.6 Å². The maximum atomic E-state index is 12.3. The van der Waals surface area contributed by atoms with E-state index in [4.69, 9.17) is 9.47 Å². The predicted molar refractivity (Wildman–Crippen MR) is 122 cm³/mol. The van der Waals surface area contributed by atoms with Crippen LogP contribution >= 0.6 is 0 Å². The quantitative estimate of drug-likeness (QED) is 0.533. The maximum absolute atomic E-state index is 12.3. The van der Waals surface area contributed by atoms with Crippen molar-refractivity contribution in [1.82, 2.24) is 0 Å². The number of rotatable bonds is 5. The van der Waals surface area contributed by atoms with Gasteiger partial charge in [-0.1, -0.05) is 20.8 Å². The number of methoxy groups -OCH3 is 1. The first-order valence-electron chi connectivity index (χ1n) is 12.9. The lowest BCUT2D eigenvalue weighted by Gasteiger charge is -2.62. The molecule has 0 N–H and O–H groups in total. The molecule has 5 heteroatoms. The van der Waals surface area contributed by atoms with Gasteiger partial charge in [0.1, 0.15) is 11.9 Å². The molecule has 0 aromatic heterocycles. The van der Waals surface area contributed by atoms with Crippen molar-refractivity contribution in [3.05, 3.63) is 0 Å². The summed E-state index contributed by atoms with van der Waals surface area (Å²) < 4.78 is 10.9. The van der Waals surface area contributed by atoms with E-state index in [1.54, 1.807) is 0 Å². The van der Waals surface area contributed by atoms with Gasteiger partial charge in [-0.05, 0) is 85.4 Å². The Labute approximate surface area is 193 Å². The minimum Gasteiger partial charge on any atom is -0.469 e. The van der Waals surface area contributed by atoms with Crippen LogP contribution in [-0.2, 0) is 23.9 Å². The molecule has 0 unspecified atom stereocenters. The van der Waals surface area contributed by atoms with Crippen molar-refractivity contribution in [1.29, 1.82) is 0 Å². The molecular formula is C27H42O5. The molecule has 0 saturated heterocycles. The van der Waals surface area contributed by atoms with Crippen molar-refractivity contribution in [3.8, 4) is 0 Å². The highest BCUT2D eigenvalue weighted by Crippen LogP contribution is 2.68. The van der Waals surface area contributed by atoms with Crippen molar-refractivity contribution in [2.45, 2.75) is 98.0 Å². The fraction of sp³-hybridized carbons (Fsp3) is 0.889. The van der Waals surface area contributed by atoms with E-state index in [0.717, 1.165) is 25.7 Å². The summed E-state index contributed by atoms with van der Waals surface area (Å²) in [5.41, 5.74) is 0.411. The van der Waals surface area contributed by atoms with Crippen LogP contribution in [0.1, 0.15) is 91.9 Å². The highest BCUT2D eigenvalue weighted by molar-refractivity contribution is 5.79. The Morgan fingerprint density at radius 3 is 2.50 bits per heavy atom. The van der Waals surface area contributed by atoms with Gasteiger partial charge >= 0.3 is 11.9 Å². The molecule has 0 heterocycles. The lowest BCUT2D eigenvalue weighted by molar-refractivity contribution is -0.189. The van der Waals surface area contributed by atoms with Crippen molar-refractivity contribution >= 4 is 17.7 Å².